The van der Waals surface area contributed by atoms with Gasteiger partial charge in [-0.15, -0.1) is 0 Å². The van der Waals surface area contributed by atoms with Crippen LogP contribution in [-0.4, -0.2) is 4.57 Å². The van der Waals surface area contributed by atoms with E-state index in [2.05, 4.69) is 0 Å². The van der Waals surface area contributed by atoms with Crippen molar-refractivity contribution >= 4 is 34.3 Å². The molecule has 21 heavy (non-hydrogen) atoms. The summed E-state index contributed by atoms with van der Waals surface area (Å²) in [7, 11) is 1.66. The van der Waals surface area contributed by atoms with Gasteiger partial charge in [-0.2, -0.15) is 0 Å². The Bertz CT molecular complexity index is 863. The Morgan fingerprint density at radius 3 is 2.43 bits per heavy atom. The molecule has 0 bridgehead atoms. The highest BCUT2D eigenvalue weighted by Crippen LogP contribution is 2.27. The number of aryl methyl sites for hydroxylation is 1. The maximum Gasteiger partial charge on any atom is 0.419 e. The molecule has 0 amide bonds. The van der Waals surface area contributed by atoms with Gasteiger partial charge in [0.25, 0.3) is 0 Å². The smallest absolute Gasteiger partial charge is 0.408 e. The largest absolute Gasteiger partial charge is 0.419 e. The molecule has 6 heteroatoms. The lowest BCUT2D eigenvalue weighted by Crippen LogP contribution is -2.11. The fourth-order valence-electron chi connectivity index (χ4n) is 2.29. The van der Waals surface area contributed by atoms with Gasteiger partial charge < -0.3 is 10.2 Å². The Labute approximate surface area is 130 Å². The van der Waals surface area contributed by atoms with E-state index in [1.807, 2.05) is 12.1 Å². The molecule has 1 heterocycles. The molecule has 0 aliphatic heterocycles. The van der Waals surface area contributed by atoms with E-state index in [-0.39, 0.29) is 0 Å². The highest BCUT2D eigenvalue weighted by Gasteiger charge is 2.13. The Hall–Kier alpha value is -1.75. The number of nitrogens with two attached hydrogens (primary N) is 1. The van der Waals surface area contributed by atoms with Crippen molar-refractivity contribution in [1.82, 2.24) is 4.57 Å². The van der Waals surface area contributed by atoms with E-state index in [0.717, 1.165) is 16.6 Å². The second-order valence-corrected chi connectivity index (χ2v) is 5.71. The van der Waals surface area contributed by atoms with Crippen LogP contribution in [0.1, 0.15) is 17.2 Å². The molecule has 1 unspecified atom stereocenters. The van der Waals surface area contributed by atoms with Crippen molar-refractivity contribution in [2.24, 2.45) is 12.8 Å². The Morgan fingerprint density at radius 1 is 1.10 bits per heavy atom. The van der Waals surface area contributed by atoms with Crippen LogP contribution in [0, 0.1) is 0 Å². The van der Waals surface area contributed by atoms with Crippen molar-refractivity contribution in [2.75, 3.05) is 0 Å². The van der Waals surface area contributed by atoms with E-state index < -0.39 is 11.8 Å². The minimum Gasteiger partial charge on any atom is -0.408 e. The molecule has 1 atom stereocenters. The SMILES string of the molecule is Cn1c(=O)oc2cc(C(N)c3cc(Cl)cc(Cl)c3)ccc21. The van der Waals surface area contributed by atoms with E-state index in [4.69, 9.17) is 33.4 Å². The molecular weight excluding hydrogens is 311 g/mol. The fraction of sp³-hybridized carbons (Fsp3) is 0.133. The minimum absolute atomic E-state index is 0.401. The summed E-state index contributed by atoms with van der Waals surface area (Å²) in [6, 6.07) is 10.2. The monoisotopic (exact) mass is 322 g/mol. The molecule has 3 aromatic rings. The van der Waals surface area contributed by atoms with Gasteiger partial charge in [-0.1, -0.05) is 29.3 Å². The number of nitrogens with zero attached hydrogens (tertiary/aromatic N) is 1. The summed E-state index contributed by atoms with van der Waals surface area (Å²) >= 11 is 12.0. The standard InChI is InChI=1S/C15H12Cl2N2O2/c1-19-12-3-2-8(6-13(12)21-15(19)20)14(18)9-4-10(16)7-11(17)5-9/h2-7,14H,18H2,1H3. The van der Waals surface area contributed by atoms with Gasteiger partial charge in [-0.05, 0) is 41.5 Å². The number of oxazole rings is 1. The van der Waals surface area contributed by atoms with Gasteiger partial charge in [-0.25, -0.2) is 4.79 Å². The van der Waals surface area contributed by atoms with Gasteiger partial charge in [-0.3, -0.25) is 4.57 Å². The third kappa shape index (κ3) is 2.58. The van der Waals surface area contributed by atoms with E-state index >= 15 is 0 Å². The van der Waals surface area contributed by atoms with Crippen molar-refractivity contribution in [3.63, 3.8) is 0 Å². The third-order valence-corrected chi connectivity index (χ3v) is 3.86. The van der Waals surface area contributed by atoms with Crippen LogP contribution in [0.15, 0.2) is 45.6 Å². The van der Waals surface area contributed by atoms with Crippen molar-refractivity contribution in [3.05, 3.63) is 68.1 Å². The predicted octanol–water partition coefficient (Wildman–Crippen LogP) is 3.49. The lowest BCUT2D eigenvalue weighted by atomic mass is 9.99. The third-order valence-electron chi connectivity index (χ3n) is 3.42. The second kappa shape index (κ2) is 5.22. The summed E-state index contributed by atoms with van der Waals surface area (Å²) < 4.78 is 6.62. The molecule has 0 saturated heterocycles. The van der Waals surface area contributed by atoms with Crippen molar-refractivity contribution in [2.45, 2.75) is 6.04 Å². The molecular formula is C15H12Cl2N2O2. The van der Waals surface area contributed by atoms with Crippen molar-refractivity contribution in [1.29, 1.82) is 0 Å². The van der Waals surface area contributed by atoms with E-state index in [1.54, 1.807) is 31.3 Å². The topological polar surface area (TPSA) is 61.2 Å². The maximum absolute atomic E-state index is 11.5. The molecule has 2 N–H and O–H groups in total. The summed E-state index contributed by atoms with van der Waals surface area (Å²) in [6.07, 6.45) is 0. The molecule has 0 fully saturated rings. The van der Waals surface area contributed by atoms with Gasteiger partial charge in [0.05, 0.1) is 11.6 Å². The molecule has 0 radical (unpaired) electrons. The summed E-state index contributed by atoms with van der Waals surface area (Å²) in [5.74, 6) is -0.401. The van der Waals surface area contributed by atoms with E-state index in [9.17, 15) is 4.79 Å². The van der Waals surface area contributed by atoms with Crippen LogP contribution in [0.5, 0.6) is 0 Å². The normalized spacial score (nSPS) is 12.8. The number of hydrogen-bond acceptors (Lipinski definition) is 3. The van der Waals surface area contributed by atoms with Gasteiger partial charge in [0.15, 0.2) is 5.58 Å². The lowest BCUT2D eigenvalue weighted by molar-refractivity contribution is 0.527. The predicted molar refractivity (Wildman–Crippen MR) is 83.9 cm³/mol. The van der Waals surface area contributed by atoms with Crippen molar-refractivity contribution < 1.29 is 4.42 Å². The van der Waals surface area contributed by atoms with Gasteiger partial charge >= 0.3 is 5.76 Å². The van der Waals surface area contributed by atoms with E-state index in [0.29, 0.717) is 15.6 Å². The highest BCUT2D eigenvalue weighted by molar-refractivity contribution is 6.34. The fourth-order valence-corrected chi connectivity index (χ4v) is 2.83. The molecule has 0 aliphatic rings. The molecule has 3 rings (SSSR count). The molecule has 2 aromatic carbocycles. The molecule has 4 nitrogen and oxygen atoms in total. The number of benzene rings is 2. The van der Waals surface area contributed by atoms with Crippen LogP contribution >= 0.6 is 23.2 Å². The minimum atomic E-state index is -0.406. The molecule has 108 valence electrons. The van der Waals surface area contributed by atoms with Crippen LogP contribution in [0.3, 0.4) is 0 Å². The zero-order valence-electron chi connectivity index (χ0n) is 11.1. The Balaban J connectivity index is 2.08. The van der Waals surface area contributed by atoms with Crippen LogP contribution in [-0.2, 0) is 7.05 Å². The first-order chi connectivity index (χ1) is 9.95. The number of aromatic nitrogens is 1. The van der Waals surface area contributed by atoms with Crippen LogP contribution in [0.4, 0.5) is 0 Å². The highest BCUT2D eigenvalue weighted by atomic mass is 35.5. The van der Waals surface area contributed by atoms with Gasteiger partial charge in [0, 0.05) is 17.1 Å². The summed E-state index contributed by atoms with van der Waals surface area (Å²) in [5.41, 5.74) is 9.08. The first-order valence-corrected chi connectivity index (χ1v) is 7.02. The quantitative estimate of drug-likeness (QED) is 0.785. The molecule has 0 aliphatic carbocycles. The lowest BCUT2D eigenvalue weighted by Gasteiger charge is -2.13. The zero-order chi connectivity index (χ0) is 15.1. The molecule has 1 aromatic heterocycles. The number of halogens is 2. The van der Waals surface area contributed by atoms with Crippen LogP contribution < -0.4 is 11.5 Å². The van der Waals surface area contributed by atoms with Crippen LogP contribution in [0.25, 0.3) is 11.1 Å². The van der Waals surface area contributed by atoms with E-state index in [1.165, 1.54) is 4.57 Å². The Morgan fingerprint density at radius 2 is 1.76 bits per heavy atom. The van der Waals surface area contributed by atoms with Crippen LogP contribution in [0.2, 0.25) is 10.0 Å². The first kappa shape index (κ1) is 14.2. The summed E-state index contributed by atoms with van der Waals surface area (Å²) in [5, 5.41) is 1.06. The first-order valence-electron chi connectivity index (χ1n) is 6.27. The zero-order valence-corrected chi connectivity index (χ0v) is 12.7. The van der Waals surface area contributed by atoms with Gasteiger partial charge in [0.2, 0.25) is 0 Å². The molecule has 0 spiro atoms. The summed E-state index contributed by atoms with van der Waals surface area (Å²) in [4.78, 5) is 11.5. The maximum atomic E-state index is 11.5. The Kier molecular flexibility index (Phi) is 3.53. The van der Waals surface area contributed by atoms with Crippen molar-refractivity contribution in [3.8, 4) is 0 Å². The average Bonchev–Trinajstić information content (AvgIpc) is 2.71. The number of fused-ring (bicyclic) bond motifs is 1. The average molecular weight is 323 g/mol. The van der Waals surface area contributed by atoms with Gasteiger partial charge in [0.1, 0.15) is 0 Å². The molecule has 0 saturated carbocycles. The second-order valence-electron chi connectivity index (χ2n) is 4.83. The summed E-state index contributed by atoms with van der Waals surface area (Å²) in [6.45, 7) is 0. The number of rotatable bonds is 2. The number of hydrogen-bond donors (Lipinski definition) is 1.